The van der Waals surface area contributed by atoms with E-state index in [0.29, 0.717) is 11.1 Å². The summed E-state index contributed by atoms with van der Waals surface area (Å²) in [6, 6.07) is 20.2. The molecule has 3 aromatic carbocycles. The Morgan fingerprint density at radius 2 is 1.59 bits per heavy atom. The van der Waals surface area contributed by atoms with Gasteiger partial charge in [-0.05, 0) is 27.8 Å². The maximum atomic E-state index is 12.1. The predicted molar refractivity (Wildman–Crippen MR) is 84.6 cm³/mol. The van der Waals surface area contributed by atoms with E-state index in [0.717, 1.165) is 11.1 Å². The SMILES string of the molecule is [NH3+]O[S+]([O])(=O)c1cccc2cccc(Nc3ccccc3)c12. The van der Waals surface area contributed by atoms with Crippen molar-refractivity contribution < 1.29 is 18.9 Å². The first-order chi connectivity index (χ1) is 10.6. The van der Waals surface area contributed by atoms with E-state index in [1.165, 1.54) is 6.07 Å². The van der Waals surface area contributed by atoms with E-state index >= 15 is 0 Å². The van der Waals surface area contributed by atoms with Crippen LogP contribution in [-0.2, 0) is 23.5 Å². The minimum atomic E-state index is -3.89. The number of rotatable bonds is 4. The first-order valence-corrected chi connectivity index (χ1v) is 8.05. The van der Waals surface area contributed by atoms with Gasteiger partial charge in [0.15, 0.2) is 0 Å². The van der Waals surface area contributed by atoms with Crippen molar-refractivity contribution in [2.45, 2.75) is 4.90 Å². The van der Waals surface area contributed by atoms with Crippen molar-refractivity contribution in [3.05, 3.63) is 66.7 Å². The van der Waals surface area contributed by atoms with E-state index in [2.05, 4.69) is 15.5 Å². The molecule has 0 amide bonds. The minimum absolute atomic E-state index is 0.0963. The van der Waals surface area contributed by atoms with Crippen molar-refractivity contribution in [1.82, 2.24) is 0 Å². The van der Waals surface area contributed by atoms with Crippen molar-refractivity contribution in [2.75, 3.05) is 5.32 Å². The first kappa shape index (κ1) is 14.7. The maximum absolute atomic E-state index is 12.1. The van der Waals surface area contributed by atoms with Crippen LogP contribution in [0, 0.1) is 0 Å². The molecule has 0 fully saturated rings. The second kappa shape index (κ2) is 5.86. The fourth-order valence-corrected chi connectivity index (χ4v) is 3.21. The molecule has 1 radical (unpaired) electrons. The number of para-hydroxylation sites is 1. The van der Waals surface area contributed by atoms with E-state index in [1.54, 1.807) is 6.07 Å². The van der Waals surface area contributed by atoms with Crippen LogP contribution in [0.4, 0.5) is 11.4 Å². The monoisotopic (exact) mass is 315 g/mol. The summed E-state index contributed by atoms with van der Waals surface area (Å²) in [4.78, 5) is 0.0963. The highest BCUT2D eigenvalue weighted by molar-refractivity contribution is 7.93. The van der Waals surface area contributed by atoms with Gasteiger partial charge in [0.2, 0.25) is 4.90 Å². The largest absolute Gasteiger partial charge is 0.483 e. The molecule has 3 rings (SSSR count). The Kier molecular flexibility index (Phi) is 3.91. The summed E-state index contributed by atoms with van der Waals surface area (Å²) < 4.78 is 28.6. The molecule has 6 heteroatoms. The lowest BCUT2D eigenvalue weighted by atomic mass is 10.1. The molecule has 0 spiro atoms. The Bertz CT molecular complexity index is 847. The topological polar surface area (TPSA) is 85.9 Å². The van der Waals surface area contributed by atoms with Crippen LogP contribution in [-0.4, -0.2) is 0 Å². The summed E-state index contributed by atoms with van der Waals surface area (Å²) in [5, 5.41) is 4.63. The molecule has 5 nitrogen and oxygen atoms in total. The highest BCUT2D eigenvalue weighted by Gasteiger charge is 2.39. The van der Waals surface area contributed by atoms with Crippen LogP contribution in [0.2, 0.25) is 0 Å². The highest BCUT2D eigenvalue weighted by Crippen LogP contribution is 2.34. The lowest BCUT2D eigenvalue weighted by molar-refractivity contribution is -0.637. The van der Waals surface area contributed by atoms with Gasteiger partial charge in [-0.2, -0.15) is 5.90 Å². The normalized spacial score (nSPS) is 13.7. The molecule has 22 heavy (non-hydrogen) atoms. The second-order valence-electron chi connectivity index (χ2n) is 4.72. The van der Waals surface area contributed by atoms with E-state index in [-0.39, 0.29) is 4.90 Å². The van der Waals surface area contributed by atoms with Crippen LogP contribution in [0.25, 0.3) is 10.8 Å². The number of fused-ring (bicyclic) bond motifs is 1. The molecule has 1 atom stereocenters. The first-order valence-electron chi connectivity index (χ1n) is 6.64. The Morgan fingerprint density at radius 1 is 0.909 bits per heavy atom. The fraction of sp³-hybridized carbons (Fsp3) is 0. The van der Waals surface area contributed by atoms with Crippen LogP contribution in [0.3, 0.4) is 0 Å². The quantitative estimate of drug-likeness (QED) is 0.573. The molecule has 0 saturated carbocycles. The number of hydrogen-bond donors (Lipinski definition) is 2. The summed E-state index contributed by atoms with van der Waals surface area (Å²) >= 11 is 0. The molecule has 0 bridgehead atoms. The summed E-state index contributed by atoms with van der Waals surface area (Å²) in [5.41, 5.74) is 1.57. The molecule has 3 aromatic rings. The van der Waals surface area contributed by atoms with Crippen LogP contribution >= 0.6 is 0 Å². The fourth-order valence-electron chi connectivity index (χ4n) is 2.36. The van der Waals surface area contributed by atoms with E-state index in [4.69, 9.17) is 0 Å². The highest BCUT2D eigenvalue weighted by atomic mass is 32.3. The molecule has 0 aliphatic rings. The lowest BCUT2D eigenvalue weighted by Crippen LogP contribution is -2.52. The summed E-state index contributed by atoms with van der Waals surface area (Å²) in [6.45, 7) is 0. The molecular weight excluding hydrogens is 300 g/mol. The van der Waals surface area contributed by atoms with Gasteiger partial charge in [0.25, 0.3) is 0 Å². The average Bonchev–Trinajstić information content (AvgIpc) is 2.55. The second-order valence-corrected chi connectivity index (χ2v) is 6.31. The van der Waals surface area contributed by atoms with E-state index in [9.17, 15) is 8.76 Å². The van der Waals surface area contributed by atoms with Crippen LogP contribution in [0.1, 0.15) is 0 Å². The van der Waals surface area contributed by atoms with Crippen molar-refractivity contribution in [1.29, 1.82) is 0 Å². The molecule has 1 unspecified atom stereocenters. The van der Waals surface area contributed by atoms with Crippen molar-refractivity contribution in [3.8, 4) is 0 Å². The molecule has 0 aliphatic carbocycles. The maximum Gasteiger partial charge on any atom is 0.483 e. The summed E-state index contributed by atoms with van der Waals surface area (Å²) in [6.07, 6.45) is 0. The molecule has 111 valence electrons. The zero-order valence-corrected chi connectivity index (χ0v) is 12.5. The number of nitrogens with one attached hydrogen (secondary N) is 1. The molecule has 0 saturated heterocycles. The predicted octanol–water partition coefficient (Wildman–Crippen LogP) is 2.88. The number of hydrogen-bond acceptors (Lipinski definition) is 3. The van der Waals surface area contributed by atoms with Gasteiger partial charge in [-0.1, -0.05) is 42.5 Å². The smallest absolute Gasteiger partial charge is 0.355 e. The lowest BCUT2D eigenvalue weighted by Gasteiger charge is -2.10. The molecule has 0 heterocycles. The van der Waals surface area contributed by atoms with Gasteiger partial charge >= 0.3 is 10.5 Å². The molecule has 4 N–H and O–H groups in total. The van der Waals surface area contributed by atoms with Gasteiger partial charge in [-0.3, -0.25) is 0 Å². The number of anilines is 2. The number of quaternary nitrogens is 1. The summed E-state index contributed by atoms with van der Waals surface area (Å²) in [7, 11) is -3.89. The standard InChI is InChI=1S/C16H15N2O3S/c17-21-22(19,20)15-11-5-7-12-6-4-10-14(16(12)15)18-13-8-2-1-3-9-13/h1-11,18H,17H3/q+2. The Morgan fingerprint density at radius 3 is 2.27 bits per heavy atom. The number of benzene rings is 3. The van der Waals surface area contributed by atoms with Gasteiger partial charge in [-0.15, -0.1) is 0 Å². The zero-order chi connectivity index (χ0) is 15.6. The van der Waals surface area contributed by atoms with Crippen molar-refractivity contribution in [3.63, 3.8) is 0 Å². The third-order valence-electron chi connectivity index (χ3n) is 3.34. The van der Waals surface area contributed by atoms with Crippen molar-refractivity contribution >= 4 is 32.6 Å². The van der Waals surface area contributed by atoms with Gasteiger partial charge in [-0.25, -0.2) is 0 Å². The molecule has 0 aromatic heterocycles. The average molecular weight is 315 g/mol. The Labute approximate surface area is 129 Å². The van der Waals surface area contributed by atoms with Crippen LogP contribution < -0.4 is 11.2 Å². The van der Waals surface area contributed by atoms with Crippen LogP contribution in [0.15, 0.2) is 71.6 Å². The van der Waals surface area contributed by atoms with E-state index < -0.39 is 10.5 Å². The van der Waals surface area contributed by atoms with Crippen molar-refractivity contribution in [2.24, 2.45) is 0 Å². The third kappa shape index (κ3) is 2.72. The summed E-state index contributed by atoms with van der Waals surface area (Å²) in [5.74, 6) is 3.05. The minimum Gasteiger partial charge on any atom is -0.355 e. The van der Waals surface area contributed by atoms with E-state index in [1.807, 2.05) is 54.6 Å². The van der Waals surface area contributed by atoms with Gasteiger partial charge in [0.1, 0.15) is 0 Å². The van der Waals surface area contributed by atoms with Crippen LogP contribution in [0.5, 0.6) is 0 Å². The van der Waals surface area contributed by atoms with Gasteiger partial charge in [0, 0.05) is 11.8 Å². The Balaban J connectivity index is 2.21. The molecular formula is C16H15N2O3S+2. The third-order valence-corrected chi connectivity index (χ3v) is 4.53. The van der Waals surface area contributed by atoms with Gasteiger partial charge in [0.05, 0.1) is 19.9 Å². The molecule has 0 aliphatic heterocycles. The van der Waals surface area contributed by atoms with Gasteiger partial charge < -0.3 is 5.32 Å². The zero-order valence-electron chi connectivity index (χ0n) is 11.7. The Hall–Kier alpha value is -2.25.